The summed E-state index contributed by atoms with van der Waals surface area (Å²) in [5, 5.41) is 8.59. The van der Waals surface area contributed by atoms with Crippen LogP contribution in [-0.4, -0.2) is 28.4 Å². The molecule has 0 bridgehead atoms. The molecule has 0 heterocycles. The fraction of sp³-hybridized carbons (Fsp3) is 0.529. The van der Waals surface area contributed by atoms with Gasteiger partial charge < -0.3 is 10.0 Å². The van der Waals surface area contributed by atoms with Gasteiger partial charge in [-0.2, -0.15) is 0 Å². The lowest BCUT2D eigenvalue weighted by molar-refractivity contribution is -0.137. The molecule has 0 aliphatic rings. The van der Waals surface area contributed by atoms with Crippen LogP contribution in [0.1, 0.15) is 50.2 Å². The maximum absolute atomic E-state index is 12.2. The zero-order valence-corrected chi connectivity index (χ0v) is 13.0. The zero-order valence-electron chi connectivity index (χ0n) is 13.0. The van der Waals surface area contributed by atoms with Crippen molar-refractivity contribution in [2.45, 2.75) is 52.5 Å². The summed E-state index contributed by atoms with van der Waals surface area (Å²) in [7, 11) is 0. The van der Waals surface area contributed by atoms with Crippen molar-refractivity contribution in [1.29, 1.82) is 0 Å². The van der Waals surface area contributed by atoms with Gasteiger partial charge in [0.15, 0.2) is 0 Å². The number of unbranched alkanes of at least 4 members (excludes halogenated alkanes) is 1. The first-order chi connectivity index (χ1) is 10.0. The second kappa shape index (κ2) is 9.16. The van der Waals surface area contributed by atoms with E-state index in [4.69, 9.17) is 5.11 Å². The normalized spacial score (nSPS) is 10.4. The number of rotatable bonds is 9. The first-order valence-corrected chi connectivity index (χ1v) is 7.58. The molecule has 0 aliphatic heterocycles. The summed E-state index contributed by atoms with van der Waals surface area (Å²) < 4.78 is 0. The quantitative estimate of drug-likeness (QED) is 0.710. The summed E-state index contributed by atoms with van der Waals surface area (Å²) in [5.41, 5.74) is 2.34. The van der Waals surface area contributed by atoms with E-state index in [-0.39, 0.29) is 12.3 Å². The maximum atomic E-state index is 12.2. The van der Waals surface area contributed by atoms with Gasteiger partial charge in [-0.1, -0.05) is 36.8 Å². The summed E-state index contributed by atoms with van der Waals surface area (Å²) in [4.78, 5) is 24.5. The number of hydrogen-bond donors (Lipinski definition) is 1. The lowest BCUT2D eigenvalue weighted by Crippen LogP contribution is -2.31. The Labute approximate surface area is 126 Å². The molecule has 1 aromatic carbocycles. The summed E-state index contributed by atoms with van der Waals surface area (Å²) in [6.45, 7) is 5.47. The molecule has 0 atom stereocenters. The van der Waals surface area contributed by atoms with Crippen molar-refractivity contribution in [2.24, 2.45) is 0 Å². The first kappa shape index (κ1) is 17.2. The summed E-state index contributed by atoms with van der Waals surface area (Å²) >= 11 is 0. The monoisotopic (exact) mass is 291 g/mol. The van der Waals surface area contributed by atoms with Gasteiger partial charge in [-0.25, -0.2) is 0 Å². The third-order valence-electron chi connectivity index (χ3n) is 3.37. The van der Waals surface area contributed by atoms with E-state index >= 15 is 0 Å². The molecule has 1 amide bonds. The molecule has 4 heteroatoms. The number of aryl methyl sites for hydroxylation is 1. The third kappa shape index (κ3) is 6.93. The van der Waals surface area contributed by atoms with Gasteiger partial charge in [0.2, 0.25) is 5.91 Å². The Morgan fingerprint density at radius 2 is 1.71 bits per heavy atom. The van der Waals surface area contributed by atoms with Crippen LogP contribution in [0.5, 0.6) is 0 Å². The van der Waals surface area contributed by atoms with Crippen LogP contribution in [0, 0.1) is 6.92 Å². The molecule has 1 aromatic rings. The number of benzene rings is 1. The Hall–Kier alpha value is -1.84. The molecule has 4 nitrogen and oxygen atoms in total. The maximum Gasteiger partial charge on any atom is 0.303 e. The molecule has 0 aliphatic carbocycles. The second-order valence-corrected chi connectivity index (χ2v) is 5.40. The van der Waals surface area contributed by atoms with E-state index < -0.39 is 5.97 Å². The molecular formula is C17H25NO3. The molecule has 0 aromatic heterocycles. The highest BCUT2D eigenvalue weighted by Crippen LogP contribution is 2.11. The van der Waals surface area contributed by atoms with Crippen LogP contribution in [-0.2, 0) is 16.1 Å². The second-order valence-electron chi connectivity index (χ2n) is 5.40. The van der Waals surface area contributed by atoms with Gasteiger partial charge in [0.1, 0.15) is 0 Å². The number of carboxylic acids is 1. The number of aliphatic carboxylic acids is 1. The first-order valence-electron chi connectivity index (χ1n) is 7.58. The summed E-state index contributed by atoms with van der Waals surface area (Å²) in [5.74, 6) is -0.685. The van der Waals surface area contributed by atoms with Gasteiger partial charge in [-0.3, -0.25) is 9.59 Å². The van der Waals surface area contributed by atoms with Crippen molar-refractivity contribution in [3.8, 4) is 0 Å². The topological polar surface area (TPSA) is 57.6 Å². The lowest BCUT2D eigenvalue weighted by atomic mass is 10.1. The standard InChI is InChI=1S/C17H25NO3/c1-3-12-18(13-15-10-8-14(2)9-11-15)16(19)6-4-5-7-17(20)21/h8-11H,3-7,12-13H2,1-2H3,(H,20,21). The Morgan fingerprint density at radius 3 is 2.29 bits per heavy atom. The van der Waals surface area contributed by atoms with Crippen LogP contribution in [0.2, 0.25) is 0 Å². The molecule has 21 heavy (non-hydrogen) atoms. The Morgan fingerprint density at radius 1 is 1.10 bits per heavy atom. The van der Waals surface area contributed by atoms with E-state index in [9.17, 15) is 9.59 Å². The smallest absolute Gasteiger partial charge is 0.303 e. The number of nitrogens with zero attached hydrogens (tertiary/aromatic N) is 1. The largest absolute Gasteiger partial charge is 0.481 e. The molecule has 0 saturated heterocycles. The minimum Gasteiger partial charge on any atom is -0.481 e. The molecule has 0 fully saturated rings. The molecule has 1 rings (SSSR count). The number of amides is 1. The van der Waals surface area contributed by atoms with E-state index in [1.807, 2.05) is 11.8 Å². The molecule has 0 spiro atoms. The minimum absolute atomic E-state index is 0.114. The van der Waals surface area contributed by atoms with E-state index in [1.165, 1.54) is 5.56 Å². The Bertz CT molecular complexity index is 454. The Kier molecular flexibility index (Phi) is 7.51. The molecule has 0 saturated carbocycles. The van der Waals surface area contributed by atoms with Gasteiger partial charge in [-0.15, -0.1) is 0 Å². The molecule has 0 radical (unpaired) electrons. The van der Waals surface area contributed by atoms with E-state index in [1.54, 1.807) is 0 Å². The van der Waals surface area contributed by atoms with E-state index in [2.05, 4.69) is 31.2 Å². The van der Waals surface area contributed by atoms with Crippen molar-refractivity contribution >= 4 is 11.9 Å². The SMILES string of the molecule is CCCN(Cc1ccc(C)cc1)C(=O)CCCCC(=O)O. The van der Waals surface area contributed by atoms with Crippen molar-refractivity contribution in [2.75, 3.05) is 6.54 Å². The minimum atomic E-state index is -0.799. The van der Waals surface area contributed by atoms with Crippen molar-refractivity contribution in [3.05, 3.63) is 35.4 Å². The third-order valence-corrected chi connectivity index (χ3v) is 3.37. The van der Waals surface area contributed by atoms with Gasteiger partial charge in [0.25, 0.3) is 0 Å². The highest BCUT2D eigenvalue weighted by Gasteiger charge is 2.13. The predicted molar refractivity (Wildman–Crippen MR) is 83.0 cm³/mol. The fourth-order valence-corrected chi connectivity index (χ4v) is 2.19. The van der Waals surface area contributed by atoms with Gasteiger partial charge in [-0.05, 0) is 31.7 Å². The summed E-state index contributed by atoms with van der Waals surface area (Å²) in [6, 6.07) is 8.21. The fourth-order valence-electron chi connectivity index (χ4n) is 2.19. The highest BCUT2D eigenvalue weighted by atomic mass is 16.4. The van der Waals surface area contributed by atoms with E-state index in [0.29, 0.717) is 25.8 Å². The van der Waals surface area contributed by atoms with Crippen LogP contribution in [0.4, 0.5) is 0 Å². The lowest BCUT2D eigenvalue weighted by Gasteiger charge is -2.22. The number of hydrogen-bond acceptors (Lipinski definition) is 2. The van der Waals surface area contributed by atoms with Crippen LogP contribution in [0.3, 0.4) is 0 Å². The van der Waals surface area contributed by atoms with Gasteiger partial charge in [0.05, 0.1) is 0 Å². The average molecular weight is 291 g/mol. The molecule has 116 valence electrons. The zero-order chi connectivity index (χ0) is 15.7. The molecule has 0 unspecified atom stereocenters. The van der Waals surface area contributed by atoms with Crippen LogP contribution >= 0.6 is 0 Å². The Balaban J connectivity index is 2.49. The van der Waals surface area contributed by atoms with Gasteiger partial charge >= 0.3 is 5.97 Å². The highest BCUT2D eigenvalue weighted by molar-refractivity contribution is 5.76. The van der Waals surface area contributed by atoms with Crippen molar-refractivity contribution in [3.63, 3.8) is 0 Å². The average Bonchev–Trinajstić information content (AvgIpc) is 2.45. The summed E-state index contributed by atoms with van der Waals surface area (Å²) in [6.07, 6.45) is 2.69. The molecule has 1 N–H and O–H groups in total. The van der Waals surface area contributed by atoms with Crippen molar-refractivity contribution in [1.82, 2.24) is 4.90 Å². The van der Waals surface area contributed by atoms with Gasteiger partial charge in [0, 0.05) is 25.9 Å². The van der Waals surface area contributed by atoms with E-state index in [0.717, 1.165) is 18.5 Å². The number of carboxylic acid groups (broad SMARTS) is 1. The number of carbonyl (C=O) groups is 2. The van der Waals surface area contributed by atoms with Crippen LogP contribution < -0.4 is 0 Å². The number of carbonyl (C=O) groups excluding carboxylic acids is 1. The van der Waals surface area contributed by atoms with Crippen molar-refractivity contribution < 1.29 is 14.7 Å². The molecular weight excluding hydrogens is 266 g/mol. The van der Waals surface area contributed by atoms with Crippen LogP contribution in [0.15, 0.2) is 24.3 Å². The predicted octanol–water partition coefficient (Wildman–Crippen LogP) is 3.38. The van der Waals surface area contributed by atoms with Crippen LogP contribution in [0.25, 0.3) is 0 Å².